The Kier molecular flexibility index (Phi) is 5.74. The summed E-state index contributed by atoms with van der Waals surface area (Å²) in [6.07, 6.45) is 1.79. The van der Waals surface area contributed by atoms with Gasteiger partial charge in [-0.2, -0.15) is 0 Å². The molecule has 1 aromatic heterocycles. The Balaban J connectivity index is 1.69. The molecule has 1 unspecified atom stereocenters. The van der Waals surface area contributed by atoms with Crippen LogP contribution in [0.4, 0.5) is 0 Å². The molecule has 0 aliphatic carbocycles. The van der Waals surface area contributed by atoms with Crippen molar-refractivity contribution in [1.82, 2.24) is 9.88 Å². The van der Waals surface area contributed by atoms with Gasteiger partial charge in [0, 0.05) is 33.8 Å². The molecule has 1 fully saturated rings. The summed E-state index contributed by atoms with van der Waals surface area (Å²) in [5.74, 6) is -0.415. The van der Waals surface area contributed by atoms with Gasteiger partial charge in [-0.05, 0) is 36.4 Å². The van der Waals surface area contributed by atoms with E-state index in [2.05, 4.69) is 4.98 Å². The van der Waals surface area contributed by atoms with Crippen molar-refractivity contribution in [2.75, 3.05) is 14.2 Å². The highest BCUT2D eigenvalue weighted by molar-refractivity contribution is 6.46. The highest BCUT2D eigenvalue weighted by atomic mass is 16.5. The van der Waals surface area contributed by atoms with Crippen LogP contribution in [-0.2, 0) is 16.1 Å². The molecule has 5 rings (SSSR count). The second-order valence-corrected chi connectivity index (χ2v) is 8.26. The van der Waals surface area contributed by atoms with Crippen LogP contribution in [0.25, 0.3) is 16.7 Å². The fourth-order valence-corrected chi connectivity index (χ4v) is 4.61. The normalized spacial score (nSPS) is 17.2. The van der Waals surface area contributed by atoms with Gasteiger partial charge in [0.2, 0.25) is 0 Å². The van der Waals surface area contributed by atoms with Gasteiger partial charge < -0.3 is 24.5 Å². The Bertz CT molecular complexity index is 1450. The number of ketones is 1. The van der Waals surface area contributed by atoms with Crippen molar-refractivity contribution in [2.45, 2.75) is 12.6 Å². The topological polar surface area (TPSA) is 91.9 Å². The van der Waals surface area contributed by atoms with E-state index in [-0.39, 0.29) is 17.9 Å². The molecule has 4 aromatic rings. The summed E-state index contributed by atoms with van der Waals surface area (Å²) in [4.78, 5) is 31.4. The molecule has 2 heterocycles. The maximum atomic E-state index is 13.4. The van der Waals surface area contributed by atoms with E-state index in [0.29, 0.717) is 17.1 Å². The highest BCUT2D eigenvalue weighted by Crippen LogP contribution is 2.43. The number of aromatic amines is 1. The zero-order valence-electron chi connectivity index (χ0n) is 19.3. The van der Waals surface area contributed by atoms with Gasteiger partial charge in [-0.1, -0.05) is 36.4 Å². The summed E-state index contributed by atoms with van der Waals surface area (Å²) >= 11 is 0. The summed E-state index contributed by atoms with van der Waals surface area (Å²) in [5, 5.41) is 12.2. The van der Waals surface area contributed by atoms with Gasteiger partial charge in [0.05, 0.1) is 32.4 Å². The summed E-state index contributed by atoms with van der Waals surface area (Å²) in [6, 6.07) is 20.9. The van der Waals surface area contributed by atoms with Gasteiger partial charge in [-0.3, -0.25) is 9.59 Å². The summed E-state index contributed by atoms with van der Waals surface area (Å²) in [7, 11) is 3.11. The zero-order chi connectivity index (χ0) is 24.5. The first-order valence-corrected chi connectivity index (χ1v) is 11.1. The van der Waals surface area contributed by atoms with Crippen LogP contribution in [0.2, 0.25) is 0 Å². The molecule has 0 bridgehead atoms. The third kappa shape index (κ3) is 3.81. The number of carbonyl (C=O) groups is 2. The molecule has 0 spiro atoms. The van der Waals surface area contributed by atoms with E-state index in [0.717, 1.165) is 22.0 Å². The molecule has 3 aromatic carbocycles. The van der Waals surface area contributed by atoms with Gasteiger partial charge in [0.1, 0.15) is 17.3 Å². The zero-order valence-corrected chi connectivity index (χ0v) is 19.3. The largest absolute Gasteiger partial charge is 0.507 e. The fraction of sp³-hybridized carbons (Fsp3) is 0.143. The molecule has 7 heteroatoms. The molecular formula is C28H24N2O5. The van der Waals surface area contributed by atoms with E-state index in [1.54, 1.807) is 44.7 Å². The molecule has 0 radical (unpaired) electrons. The van der Waals surface area contributed by atoms with Crippen molar-refractivity contribution >= 4 is 28.4 Å². The van der Waals surface area contributed by atoms with E-state index < -0.39 is 17.7 Å². The average Bonchev–Trinajstić information content (AvgIpc) is 3.43. The number of fused-ring (bicyclic) bond motifs is 1. The fourth-order valence-electron chi connectivity index (χ4n) is 4.61. The van der Waals surface area contributed by atoms with E-state index in [4.69, 9.17) is 9.47 Å². The third-order valence-electron chi connectivity index (χ3n) is 6.35. The monoisotopic (exact) mass is 468 g/mol. The minimum absolute atomic E-state index is 0.0415. The van der Waals surface area contributed by atoms with Crippen molar-refractivity contribution in [3.05, 3.63) is 101 Å². The first kappa shape index (κ1) is 22.3. The third-order valence-corrected chi connectivity index (χ3v) is 6.35. The molecule has 0 saturated carbocycles. The number of methoxy groups -OCH3 is 2. The van der Waals surface area contributed by atoms with Crippen molar-refractivity contribution in [2.24, 2.45) is 0 Å². The first-order valence-electron chi connectivity index (χ1n) is 11.1. The quantitative estimate of drug-likeness (QED) is 0.241. The number of aromatic nitrogens is 1. The number of aliphatic hydroxyl groups is 1. The SMILES string of the molecule is COc1ccc(/C(O)=C2\C(=O)C(=O)N(Cc3ccccc3OC)C2c2c[nH]c3ccccc23)cc1. The number of ether oxygens (including phenoxy) is 2. The number of rotatable bonds is 6. The number of hydrogen-bond acceptors (Lipinski definition) is 5. The van der Waals surface area contributed by atoms with Crippen molar-refractivity contribution in [3.8, 4) is 11.5 Å². The molecule has 7 nitrogen and oxygen atoms in total. The second-order valence-electron chi connectivity index (χ2n) is 8.26. The Hall–Kier alpha value is -4.52. The molecule has 1 amide bonds. The summed E-state index contributed by atoms with van der Waals surface area (Å²) < 4.78 is 10.7. The Labute approximate surface area is 202 Å². The van der Waals surface area contributed by atoms with E-state index in [1.807, 2.05) is 48.5 Å². The lowest BCUT2D eigenvalue weighted by Gasteiger charge is -2.25. The standard InChI is InChI=1S/C28H24N2O5/c1-34-19-13-11-17(12-14-19)26(31)24-25(21-15-29-22-9-5-4-8-20(21)22)30(28(33)27(24)32)16-18-7-3-6-10-23(18)35-2/h3-15,25,29,31H,16H2,1-2H3/b26-24+. The van der Waals surface area contributed by atoms with Crippen LogP contribution < -0.4 is 9.47 Å². The van der Waals surface area contributed by atoms with Crippen LogP contribution in [0, 0.1) is 0 Å². The van der Waals surface area contributed by atoms with Gasteiger partial charge in [0.25, 0.3) is 11.7 Å². The van der Waals surface area contributed by atoms with Crippen LogP contribution in [0.3, 0.4) is 0 Å². The number of H-pyrrole nitrogens is 1. The van der Waals surface area contributed by atoms with Crippen LogP contribution >= 0.6 is 0 Å². The van der Waals surface area contributed by atoms with Gasteiger partial charge in [-0.15, -0.1) is 0 Å². The number of Topliss-reactive ketones (excluding diaryl/α,β-unsaturated/α-hetero) is 1. The van der Waals surface area contributed by atoms with Crippen LogP contribution in [-0.4, -0.2) is 40.9 Å². The smallest absolute Gasteiger partial charge is 0.295 e. The number of nitrogens with zero attached hydrogens (tertiary/aromatic N) is 1. The minimum Gasteiger partial charge on any atom is -0.507 e. The van der Waals surface area contributed by atoms with E-state index >= 15 is 0 Å². The number of nitrogens with one attached hydrogen (secondary N) is 1. The van der Waals surface area contributed by atoms with E-state index in [1.165, 1.54) is 4.90 Å². The molecule has 1 aliphatic heterocycles. The van der Waals surface area contributed by atoms with Crippen molar-refractivity contribution < 1.29 is 24.2 Å². The number of para-hydroxylation sites is 2. The Morgan fingerprint density at radius 3 is 2.40 bits per heavy atom. The molecule has 2 N–H and O–H groups in total. The van der Waals surface area contributed by atoms with E-state index in [9.17, 15) is 14.7 Å². The number of hydrogen-bond donors (Lipinski definition) is 2. The molecular weight excluding hydrogens is 444 g/mol. The summed E-state index contributed by atoms with van der Waals surface area (Å²) in [5.41, 5.74) is 2.82. The van der Waals surface area contributed by atoms with Gasteiger partial charge >= 0.3 is 0 Å². The number of amides is 1. The van der Waals surface area contributed by atoms with Crippen LogP contribution in [0.5, 0.6) is 11.5 Å². The molecule has 35 heavy (non-hydrogen) atoms. The van der Waals surface area contributed by atoms with Crippen LogP contribution in [0.15, 0.2) is 84.6 Å². The average molecular weight is 469 g/mol. The molecule has 176 valence electrons. The van der Waals surface area contributed by atoms with Crippen LogP contribution in [0.1, 0.15) is 22.7 Å². The minimum atomic E-state index is -0.793. The predicted octanol–water partition coefficient (Wildman–Crippen LogP) is 4.81. The lowest BCUT2D eigenvalue weighted by atomic mass is 9.94. The number of likely N-dealkylation sites (tertiary alicyclic amines) is 1. The molecule has 1 atom stereocenters. The number of carbonyl (C=O) groups excluding carboxylic acids is 2. The predicted molar refractivity (Wildman–Crippen MR) is 132 cm³/mol. The summed E-state index contributed by atoms with van der Waals surface area (Å²) in [6.45, 7) is 0.137. The highest BCUT2D eigenvalue weighted by Gasteiger charge is 2.47. The molecule has 1 saturated heterocycles. The van der Waals surface area contributed by atoms with Crippen molar-refractivity contribution in [3.63, 3.8) is 0 Å². The first-order chi connectivity index (χ1) is 17.0. The van der Waals surface area contributed by atoms with Crippen molar-refractivity contribution in [1.29, 1.82) is 0 Å². The van der Waals surface area contributed by atoms with Gasteiger partial charge in [0.15, 0.2) is 0 Å². The number of benzene rings is 3. The number of aliphatic hydroxyl groups excluding tert-OH is 1. The Morgan fingerprint density at radius 2 is 1.66 bits per heavy atom. The lowest BCUT2D eigenvalue weighted by Crippen LogP contribution is -2.29. The maximum absolute atomic E-state index is 13.4. The lowest BCUT2D eigenvalue weighted by molar-refractivity contribution is -0.140. The van der Waals surface area contributed by atoms with Gasteiger partial charge in [-0.25, -0.2) is 0 Å². The second kappa shape index (κ2) is 9.02. The Morgan fingerprint density at radius 1 is 0.943 bits per heavy atom. The maximum Gasteiger partial charge on any atom is 0.295 e. The molecule has 1 aliphatic rings.